The molecule has 0 saturated carbocycles. The number of ether oxygens (including phenoxy) is 3. The second-order valence-electron chi connectivity index (χ2n) is 8.31. The number of nitrogens with zero attached hydrogens (tertiary/aromatic N) is 2. The van der Waals surface area contributed by atoms with Crippen molar-refractivity contribution in [2.75, 3.05) is 25.1 Å². The molecule has 0 fully saturated rings. The Kier molecular flexibility index (Phi) is 8.55. The lowest BCUT2D eigenvalue weighted by Crippen LogP contribution is -2.34. The Morgan fingerprint density at radius 1 is 1.05 bits per heavy atom. The van der Waals surface area contributed by atoms with Crippen molar-refractivity contribution in [3.63, 3.8) is 0 Å². The summed E-state index contributed by atoms with van der Waals surface area (Å²) in [7, 11) is 0. The second-order valence-corrected chi connectivity index (χ2v) is 9.19. The van der Waals surface area contributed by atoms with Crippen molar-refractivity contribution >= 4 is 34.5 Å². The van der Waals surface area contributed by atoms with Crippen LogP contribution in [0.3, 0.4) is 0 Å². The number of aryl methyl sites for hydroxylation is 1. The van der Waals surface area contributed by atoms with Crippen LogP contribution in [0.15, 0.2) is 70.3 Å². The minimum absolute atomic E-state index is 0.170. The lowest BCUT2D eigenvalue weighted by molar-refractivity contribution is -0.139. The molecule has 0 radical (unpaired) electrons. The number of carbonyl (C=O) groups is 2. The molecule has 0 spiro atoms. The largest absolute Gasteiger partial charge is 0.490 e. The van der Waals surface area contributed by atoms with Crippen LogP contribution in [0.1, 0.15) is 44.9 Å². The molecular weight excluding hydrogens is 490 g/mol. The zero-order valence-corrected chi connectivity index (χ0v) is 22.3. The fourth-order valence-electron chi connectivity index (χ4n) is 4.26. The lowest BCUT2D eigenvalue weighted by Gasteiger charge is -2.33. The molecule has 0 bridgehead atoms. The van der Waals surface area contributed by atoms with Crippen molar-refractivity contribution in [2.24, 2.45) is 4.99 Å². The van der Waals surface area contributed by atoms with Crippen LogP contribution in [0.2, 0.25) is 0 Å². The Morgan fingerprint density at radius 2 is 1.86 bits per heavy atom. The van der Waals surface area contributed by atoms with Gasteiger partial charge < -0.3 is 24.4 Å². The zero-order chi connectivity index (χ0) is 26.4. The molecule has 194 valence electrons. The van der Waals surface area contributed by atoms with Crippen LogP contribution in [0.4, 0.5) is 5.69 Å². The van der Waals surface area contributed by atoms with Gasteiger partial charge in [-0.25, -0.2) is 9.79 Å². The zero-order valence-electron chi connectivity index (χ0n) is 21.4. The summed E-state index contributed by atoms with van der Waals surface area (Å²) in [6.07, 6.45) is 2.72. The molecule has 0 unspecified atom stereocenters. The van der Waals surface area contributed by atoms with Gasteiger partial charge in [0.25, 0.3) is 5.91 Å². The Balaban J connectivity index is 1.58. The number of hydrogen-bond acceptors (Lipinski definition) is 8. The smallest absolute Gasteiger partial charge is 0.338 e. The van der Waals surface area contributed by atoms with Gasteiger partial charge in [-0.15, -0.1) is 0 Å². The molecule has 0 saturated heterocycles. The van der Waals surface area contributed by atoms with E-state index in [9.17, 15) is 9.59 Å². The van der Waals surface area contributed by atoms with E-state index in [1.165, 1.54) is 11.8 Å². The summed E-state index contributed by atoms with van der Waals surface area (Å²) in [5, 5.41) is 5.64. The maximum Gasteiger partial charge on any atom is 0.338 e. The summed E-state index contributed by atoms with van der Waals surface area (Å²) in [5.74, 6) is 0.268. The molecule has 2 heterocycles. The molecule has 2 aliphatic rings. The van der Waals surface area contributed by atoms with Gasteiger partial charge in [0.15, 0.2) is 23.3 Å². The van der Waals surface area contributed by atoms with Crippen LogP contribution in [-0.4, -0.2) is 41.8 Å². The predicted octanol–water partition coefficient (Wildman–Crippen LogP) is 5.43. The standard InChI is InChI=1S/C28H31N3O5S/c1-5-19-10-8-9-11-21(19)30-24(32)17-36-22-13-12-20(16-23(22)34-6-2)26-25(27(33)35-7-3)18(4)29-28-31(26)14-15-37-28/h8-16,26H,5-7,17H2,1-4H3,(H,30,32)/t26-/m1/s1. The van der Waals surface area contributed by atoms with Crippen LogP contribution in [0.5, 0.6) is 11.5 Å². The number of hydrogen-bond donors (Lipinski definition) is 1. The number of allylic oxidation sites excluding steroid dienone is 1. The maximum absolute atomic E-state index is 12.9. The van der Waals surface area contributed by atoms with Gasteiger partial charge in [0.2, 0.25) is 0 Å². The highest BCUT2D eigenvalue weighted by Gasteiger charge is 2.37. The minimum atomic E-state index is -0.431. The van der Waals surface area contributed by atoms with E-state index in [2.05, 4.69) is 10.3 Å². The average Bonchev–Trinajstić information content (AvgIpc) is 3.35. The Hall–Kier alpha value is -3.72. The fourth-order valence-corrected chi connectivity index (χ4v) is 5.05. The van der Waals surface area contributed by atoms with Gasteiger partial charge in [0, 0.05) is 11.9 Å². The molecule has 2 aliphatic heterocycles. The van der Waals surface area contributed by atoms with E-state index in [1.807, 2.05) is 73.7 Å². The van der Waals surface area contributed by atoms with Crippen molar-refractivity contribution < 1.29 is 23.8 Å². The third-order valence-electron chi connectivity index (χ3n) is 5.93. The first-order valence-corrected chi connectivity index (χ1v) is 13.2. The van der Waals surface area contributed by atoms with E-state index in [-0.39, 0.29) is 19.1 Å². The molecule has 0 aliphatic carbocycles. The van der Waals surface area contributed by atoms with Crippen LogP contribution in [0.25, 0.3) is 0 Å². The van der Waals surface area contributed by atoms with Crippen molar-refractivity contribution in [2.45, 2.75) is 40.2 Å². The quantitative estimate of drug-likeness (QED) is 0.417. The van der Waals surface area contributed by atoms with Crippen molar-refractivity contribution in [1.82, 2.24) is 4.90 Å². The predicted molar refractivity (Wildman–Crippen MR) is 146 cm³/mol. The highest BCUT2D eigenvalue weighted by molar-refractivity contribution is 8.16. The SMILES string of the molecule is CCOC(=O)C1=C(C)N=C2SC=CN2[C@@H]1c1ccc(OCC(=O)Nc2ccccc2CC)c(OCC)c1. The summed E-state index contributed by atoms with van der Waals surface area (Å²) >= 11 is 1.50. The molecule has 37 heavy (non-hydrogen) atoms. The van der Waals surface area contributed by atoms with Crippen LogP contribution in [-0.2, 0) is 20.7 Å². The second kappa shape index (κ2) is 12.0. The summed E-state index contributed by atoms with van der Waals surface area (Å²) in [6, 6.07) is 12.8. The Bertz CT molecular complexity index is 1270. The average molecular weight is 522 g/mol. The molecule has 1 N–H and O–H groups in total. The lowest BCUT2D eigenvalue weighted by atomic mass is 9.94. The Labute approximate surface area is 221 Å². The fraction of sp³-hybridized carbons (Fsp3) is 0.321. The first kappa shape index (κ1) is 26.3. The molecule has 2 aromatic rings. The molecule has 0 aromatic heterocycles. The summed E-state index contributed by atoms with van der Waals surface area (Å²) < 4.78 is 17.1. The van der Waals surface area contributed by atoms with Gasteiger partial charge in [-0.1, -0.05) is 43.0 Å². The molecule has 2 aromatic carbocycles. The number of fused-ring (bicyclic) bond motifs is 1. The first-order valence-electron chi connectivity index (χ1n) is 12.3. The maximum atomic E-state index is 12.9. The molecule has 9 heteroatoms. The highest BCUT2D eigenvalue weighted by atomic mass is 32.2. The summed E-state index contributed by atoms with van der Waals surface area (Å²) in [4.78, 5) is 32.1. The van der Waals surface area contributed by atoms with Gasteiger partial charge in [-0.05, 0) is 61.9 Å². The van der Waals surface area contributed by atoms with Crippen molar-refractivity contribution in [3.8, 4) is 11.5 Å². The molecule has 8 nitrogen and oxygen atoms in total. The monoisotopic (exact) mass is 521 g/mol. The molecule has 4 rings (SSSR count). The number of anilines is 1. The van der Waals surface area contributed by atoms with Crippen LogP contribution >= 0.6 is 11.8 Å². The topological polar surface area (TPSA) is 89.5 Å². The molecule has 1 amide bonds. The third-order valence-corrected chi connectivity index (χ3v) is 6.70. The number of para-hydroxylation sites is 1. The van der Waals surface area contributed by atoms with E-state index >= 15 is 0 Å². The summed E-state index contributed by atoms with van der Waals surface area (Å²) in [6.45, 7) is 8.03. The van der Waals surface area contributed by atoms with Gasteiger partial charge in [0.1, 0.15) is 0 Å². The van der Waals surface area contributed by atoms with Crippen LogP contribution < -0.4 is 14.8 Å². The number of thioether (sulfide) groups is 1. The van der Waals surface area contributed by atoms with Gasteiger partial charge >= 0.3 is 5.97 Å². The van der Waals surface area contributed by atoms with E-state index in [4.69, 9.17) is 14.2 Å². The van der Waals surface area contributed by atoms with Gasteiger partial charge in [0.05, 0.1) is 30.5 Å². The number of amidine groups is 1. The number of esters is 1. The Morgan fingerprint density at radius 3 is 2.62 bits per heavy atom. The number of benzene rings is 2. The van der Waals surface area contributed by atoms with E-state index in [0.29, 0.717) is 29.4 Å². The first-order chi connectivity index (χ1) is 18.0. The number of carbonyl (C=O) groups excluding carboxylic acids is 2. The highest BCUT2D eigenvalue weighted by Crippen LogP contribution is 2.43. The van der Waals surface area contributed by atoms with E-state index in [0.717, 1.165) is 28.4 Å². The van der Waals surface area contributed by atoms with Gasteiger partial charge in [-0.3, -0.25) is 4.79 Å². The number of nitrogens with one attached hydrogen (secondary N) is 1. The number of amides is 1. The third kappa shape index (κ3) is 5.83. The number of rotatable bonds is 10. The van der Waals surface area contributed by atoms with Crippen molar-refractivity contribution in [1.29, 1.82) is 0 Å². The van der Waals surface area contributed by atoms with E-state index < -0.39 is 12.0 Å². The van der Waals surface area contributed by atoms with E-state index in [1.54, 1.807) is 13.0 Å². The molecular formula is C28H31N3O5S. The number of aliphatic imine (C=N–C) groups is 1. The molecule has 1 atom stereocenters. The van der Waals surface area contributed by atoms with Crippen molar-refractivity contribution in [3.05, 3.63) is 76.5 Å². The minimum Gasteiger partial charge on any atom is -0.490 e. The van der Waals surface area contributed by atoms with Crippen LogP contribution in [0, 0.1) is 0 Å². The van der Waals surface area contributed by atoms with Gasteiger partial charge in [-0.2, -0.15) is 0 Å². The summed E-state index contributed by atoms with van der Waals surface area (Å²) in [5.41, 5.74) is 3.74. The normalized spacial score (nSPS) is 16.3.